The van der Waals surface area contributed by atoms with Crippen LogP contribution in [0.1, 0.15) is 5.56 Å². The van der Waals surface area contributed by atoms with Gasteiger partial charge in [0.25, 0.3) is 0 Å². The Kier molecular flexibility index (Phi) is 8.79. The molecule has 3 aromatic rings. The van der Waals surface area contributed by atoms with Crippen LogP contribution in [0.3, 0.4) is 0 Å². The Balaban J connectivity index is 1.45. The van der Waals surface area contributed by atoms with Gasteiger partial charge in [0.2, 0.25) is 5.91 Å². The number of anilines is 2. The van der Waals surface area contributed by atoms with Crippen molar-refractivity contribution in [3.63, 3.8) is 0 Å². The van der Waals surface area contributed by atoms with Gasteiger partial charge in [-0.3, -0.25) is 4.79 Å². The summed E-state index contributed by atoms with van der Waals surface area (Å²) in [6.07, 6.45) is 0.145. The van der Waals surface area contributed by atoms with Gasteiger partial charge in [0.05, 0.1) is 36.6 Å². The molecule has 1 fully saturated rings. The van der Waals surface area contributed by atoms with E-state index in [-0.39, 0.29) is 12.3 Å². The molecule has 0 spiro atoms. The molecule has 11 heteroatoms. The lowest BCUT2D eigenvalue weighted by Gasteiger charge is -2.28. The van der Waals surface area contributed by atoms with E-state index in [1.54, 1.807) is 24.3 Å². The summed E-state index contributed by atoms with van der Waals surface area (Å²) in [4.78, 5) is 15.4. The number of halogens is 1. The minimum Gasteiger partial charge on any atom is -0.456 e. The fourth-order valence-electron chi connectivity index (χ4n) is 3.51. The van der Waals surface area contributed by atoms with Crippen LogP contribution in [0.25, 0.3) is 0 Å². The summed E-state index contributed by atoms with van der Waals surface area (Å²) in [5.41, 5.74) is 11.4. The first-order valence-corrected chi connectivity index (χ1v) is 12.0. The van der Waals surface area contributed by atoms with Crippen molar-refractivity contribution in [2.45, 2.75) is 11.3 Å². The van der Waals surface area contributed by atoms with E-state index in [1.165, 1.54) is 0 Å². The first-order valence-electron chi connectivity index (χ1n) is 10.9. The number of carbonyl (C=O) groups excluding carboxylic acids is 1. The predicted molar refractivity (Wildman–Crippen MR) is 135 cm³/mol. The van der Waals surface area contributed by atoms with Gasteiger partial charge in [0, 0.05) is 29.5 Å². The van der Waals surface area contributed by atoms with Gasteiger partial charge in [0.1, 0.15) is 11.5 Å². The minimum atomic E-state index is -0.207. The zero-order valence-electron chi connectivity index (χ0n) is 18.7. The van der Waals surface area contributed by atoms with Crippen LogP contribution in [-0.2, 0) is 20.2 Å². The maximum Gasteiger partial charge on any atom is 0.228 e. The van der Waals surface area contributed by atoms with Crippen molar-refractivity contribution in [3.8, 4) is 11.5 Å². The van der Waals surface area contributed by atoms with Crippen molar-refractivity contribution < 1.29 is 18.6 Å². The van der Waals surface area contributed by atoms with Crippen molar-refractivity contribution >= 4 is 40.9 Å². The van der Waals surface area contributed by atoms with Gasteiger partial charge in [0.15, 0.2) is 0 Å². The molecular weight excluding hydrogens is 490 g/mol. The second-order valence-electron chi connectivity index (χ2n) is 7.54. The number of amides is 1. The summed E-state index contributed by atoms with van der Waals surface area (Å²) in [7, 11) is 0. The highest BCUT2D eigenvalue weighted by molar-refractivity contribution is 7.94. The van der Waals surface area contributed by atoms with Crippen molar-refractivity contribution in [2.75, 3.05) is 36.5 Å². The zero-order valence-corrected chi connectivity index (χ0v) is 20.3. The van der Waals surface area contributed by atoms with E-state index in [0.29, 0.717) is 27.1 Å². The SMILES string of the molecule is N=NNOSc1cc(NC(=O)Cc2ccccc2Cl)ccc1Oc1ccc(N2CCOCC2)cc1. The Labute approximate surface area is 212 Å². The predicted octanol–water partition coefficient (Wildman–Crippen LogP) is 5.62. The Morgan fingerprint density at radius 2 is 1.89 bits per heavy atom. The number of benzene rings is 3. The van der Waals surface area contributed by atoms with Gasteiger partial charge < -0.3 is 19.7 Å². The van der Waals surface area contributed by atoms with E-state index in [0.717, 1.165) is 49.6 Å². The molecule has 0 unspecified atom stereocenters. The molecule has 0 atom stereocenters. The van der Waals surface area contributed by atoms with Crippen LogP contribution >= 0.6 is 23.6 Å². The number of rotatable bonds is 10. The molecule has 1 saturated heterocycles. The van der Waals surface area contributed by atoms with Gasteiger partial charge in [-0.05, 0) is 54.1 Å². The lowest BCUT2D eigenvalue weighted by molar-refractivity contribution is -0.115. The third-order valence-electron chi connectivity index (χ3n) is 5.19. The summed E-state index contributed by atoms with van der Waals surface area (Å²) >= 11 is 7.08. The van der Waals surface area contributed by atoms with Crippen molar-refractivity contribution in [3.05, 3.63) is 77.3 Å². The summed E-state index contributed by atoms with van der Waals surface area (Å²) < 4.78 is 16.6. The lowest BCUT2D eigenvalue weighted by Crippen LogP contribution is -2.36. The number of morpholine rings is 1. The van der Waals surface area contributed by atoms with Crippen molar-refractivity contribution in [2.24, 2.45) is 5.22 Å². The molecule has 9 nitrogen and oxygen atoms in total. The third kappa shape index (κ3) is 7.09. The number of hydrogen-bond donors (Lipinski definition) is 3. The average molecular weight is 514 g/mol. The van der Waals surface area contributed by atoms with Crippen LogP contribution in [-0.4, -0.2) is 32.2 Å². The molecule has 1 aliphatic rings. The van der Waals surface area contributed by atoms with E-state index in [1.807, 2.05) is 42.5 Å². The first-order chi connectivity index (χ1) is 17.1. The van der Waals surface area contributed by atoms with E-state index in [9.17, 15) is 4.79 Å². The van der Waals surface area contributed by atoms with Crippen LogP contribution in [0.15, 0.2) is 76.8 Å². The highest BCUT2D eigenvalue weighted by Gasteiger charge is 2.14. The van der Waals surface area contributed by atoms with Crippen LogP contribution in [0.4, 0.5) is 11.4 Å². The maximum absolute atomic E-state index is 12.5. The average Bonchev–Trinajstić information content (AvgIpc) is 2.88. The summed E-state index contributed by atoms with van der Waals surface area (Å²) in [5, 5.41) is 6.37. The van der Waals surface area contributed by atoms with Crippen molar-refractivity contribution in [1.29, 1.82) is 5.53 Å². The molecule has 0 aromatic heterocycles. The molecule has 0 saturated carbocycles. The summed E-state index contributed by atoms with van der Waals surface area (Å²) in [6.45, 7) is 3.16. The first kappa shape index (κ1) is 24.8. The number of nitrogens with one attached hydrogen (secondary N) is 3. The second kappa shape index (κ2) is 12.4. The smallest absolute Gasteiger partial charge is 0.228 e. The summed E-state index contributed by atoms with van der Waals surface area (Å²) in [5.74, 6) is 0.962. The Hall–Kier alpha value is -3.31. The quantitative estimate of drug-likeness (QED) is 0.140. The van der Waals surface area contributed by atoms with Gasteiger partial charge in [-0.2, -0.15) is 15.4 Å². The number of carbonyl (C=O) groups is 1. The van der Waals surface area contributed by atoms with Crippen LogP contribution < -0.4 is 20.5 Å². The topological polar surface area (TPSA) is 108 Å². The molecule has 0 aliphatic carbocycles. The van der Waals surface area contributed by atoms with Crippen LogP contribution in [0, 0.1) is 5.53 Å². The van der Waals surface area contributed by atoms with E-state index in [4.69, 9.17) is 30.9 Å². The molecule has 0 bridgehead atoms. The molecule has 0 radical (unpaired) electrons. The van der Waals surface area contributed by atoms with Gasteiger partial charge in [-0.1, -0.05) is 35.0 Å². The zero-order chi connectivity index (χ0) is 24.5. The third-order valence-corrected chi connectivity index (χ3v) is 6.22. The molecule has 3 N–H and O–H groups in total. The Bertz CT molecular complexity index is 1160. The molecular formula is C24H24ClN5O4S. The molecule has 1 aliphatic heterocycles. The van der Waals surface area contributed by atoms with Crippen LogP contribution in [0.2, 0.25) is 5.02 Å². The Morgan fingerprint density at radius 1 is 1.11 bits per heavy atom. The van der Waals surface area contributed by atoms with Gasteiger partial charge in [-0.25, -0.2) is 0 Å². The number of ether oxygens (including phenoxy) is 2. The fourth-order valence-corrected chi connectivity index (χ4v) is 4.24. The molecule has 3 aromatic carbocycles. The monoisotopic (exact) mass is 513 g/mol. The largest absolute Gasteiger partial charge is 0.456 e. The normalized spacial score (nSPS) is 13.2. The minimum absolute atomic E-state index is 0.145. The summed E-state index contributed by atoms with van der Waals surface area (Å²) in [6, 6.07) is 20.2. The molecule has 1 heterocycles. The van der Waals surface area contributed by atoms with E-state index >= 15 is 0 Å². The molecule has 35 heavy (non-hydrogen) atoms. The highest BCUT2D eigenvalue weighted by Crippen LogP contribution is 2.36. The number of hydrogen-bond acceptors (Lipinski definition) is 8. The van der Waals surface area contributed by atoms with Crippen LogP contribution in [0.5, 0.6) is 11.5 Å². The van der Waals surface area contributed by atoms with E-state index in [2.05, 4.69) is 21.0 Å². The molecule has 4 rings (SSSR count). The Morgan fingerprint density at radius 3 is 2.63 bits per heavy atom. The maximum atomic E-state index is 12.5. The fraction of sp³-hybridized carbons (Fsp3) is 0.208. The number of nitrogens with zero attached hydrogens (tertiary/aromatic N) is 2. The van der Waals surface area contributed by atoms with Gasteiger partial charge in [-0.15, -0.1) is 0 Å². The van der Waals surface area contributed by atoms with Crippen molar-refractivity contribution in [1.82, 2.24) is 5.59 Å². The lowest BCUT2D eigenvalue weighted by atomic mass is 10.1. The second-order valence-corrected chi connectivity index (χ2v) is 8.72. The standard InChI is InChI=1S/C24H24ClN5O4S/c25-21-4-2-1-3-17(21)15-24(31)27-18-5-10-22(23(16-18)35-34-29-28-26)33-20-8-6-19(7-9-20)30-11-13-32-14-12-30/h1-10,16H,11-15H2,(H2,26,29)(H,27,31). The van der Waals surface area contributed by atoms with E-state index < -0.39 is 0 Å². The highest BCUT2D eigenvalue weighted by atomic mass is 35.5. The molecule has 182 valence electrons. The molecule has 1 amide bonds. The van der Waals surface area contributed by atoms with Gasteiger partial charge >= 0.3 is 0 Å².